The van der Waals surface area contributed by atoms with Crippen LogP contribution in [0.1, 0.15) is 30.7 Å². The molecule has 3 aromatic rings. The second-order valence-corrected chi connectivity index (χ2v) is 10.3. The maximum atomic E-state index is 13.3. The Bertz CT molecular complexity index is 1480. The minimum absolute atomic E-state index is 0.109. The number of aliphatic hydroxyl groups is 1. The Hall–Kier alpha value is -3.48. The lowest BCUT2D eigenvalue weighted by atomic mass is 10.1. The molecule has 1 aromatic heterocycles. The summed E-state index contributed by atoms with van der Waals surface area (Å²) in [6, 6.07) is 9.01. The average Bonchev–Trinajstić information content (AvgIpc) is 3.84. The quantitative estimate of drug-likeness (QED) is 0.471. The molecule has 0 bridgehead atoms. The molecular formula is C27H27F3N4O5. The van der Waals surface area contributed by atoms with Crippen molar-refractivity contribution >= 4 is 22.5 Å². The third-order valence-corrected chi connectivity index (χ3v) is 7.85. The number of carbonyl (C=O) groups is 1. The van der Waals surface area contributed by atoms with E-state index in [9.17, 15) is 27.9 Å². The summed E-state index contributed by atoms with van der Waals surface area (Å²) in [4.78, 5) is 33.1. The van der Waals surface area contributed by atoms with E-state index in [0.29, 0.717) is 50.0 Å². The molecule has 2 aromatic carbocycles. The molecule has 206 valence electrons. The first-order valence-corrected chi connectivity index (χ1v) is 12.9. The van der Waals surface area contributed by atoms with Crippen LogP contribution in [0.5, 0.6) is 5.75 Å². The minimum Gasteiger partial charge on any atom is -0.404 e. The van der Waals surface area contributed by atoms with Crippen LogP contribution in [0.15, 0.2) is 47.5 Å². The van der Waals surface area contributed by atoms with Crippen LogP contribution in [0.2, 0.25) is 0 Å². The highest BCUT2D eigenvalue weighted by atomic mass is 19.4. The van der Waals surface area contributed by atoms with Crippen molar-refractivity contribution < 1.29 is 32.5 Å². The number of anilines is 1. The van der Waals surface area contributed by atoms with E-state index in [-0.39, 0.29) is 29.8 Å². The highest BCUT2D eigenvalue weighted by Crippen LogP contribution is 2.47. The number of morpholine rings is 1. The second-order valence-electron chi connectivity index (χ2n) is 10.3. The molecule has 3 aliphatic rings. The summed E-state index contributed by atoms with van der Waals surface area (Å²) in [7, 11) is 0. The Balaban J connectivity index is 1.33. The van der Waals surface area contributed by atoms with Gasteiger partial charge in [-0.05, 0) is 67.0 Å². The molecule has 0 unspecified atom stereocenters. The van der Waals surface area contributed by atoms with Gasteiger partial charge in [-0.1, -0.05) is 6.07 Å². The molecule has 2 heterocycles. The van der Waals surface area contributed by atoms with Crippen molar-refractivity contribution in [2.75, 3.05) is 38.2 Å². The topological polar surface area (TPSA) is 106 Å². The number of benzene rings is 2. The Morgan fingerprint density at radius 3 is 2.62 bits per heavy atom. The molecule has 12 heteroatoms. The van der Waals surface area contributed by atoms with E-state index in [1.54, 1.807) is 6.07 Å². The molecule has 39 heavy (non-hydrogen) atoms. The van der Waals surface area contributed by atoms with Crippen molar-refractivity contribution in [3.63, 3.8) is 0 Å². The lowest BCUT2D eigenvalue weighted by Crippen LogP contribution is -2.51. The van der Waals surface area contributed by atoms with Gasteiger partial charge in [0.05, 0.1) is 35.5 Å². The van der Waals surface area contributed by atoms with Gasteiger partial charge in [0.25, 0.3) is 5.56 Å². The fraction of sp³-hybridized carbons (Fsp3) is 0.444. The molecule has 1 saturated heterocycles. The smallest absolute Gasteiger partial charge is 0.404 e. The van der Waals surface area contributed by atoms with Crippen molar-refractivity contribution in [1.82, 2.24) is 14.5 Å². The van der Waals surface area contributed by atoms with Crippen LogP contribution in [0.4, 0.5) is 18.9 Å². The summed E-state index contributed by atoms with van der Waals surface area (Å²) in [5.41, 5.74) is 0.311. The number of hydrogen-bond acceptors (Lipinski definition) is 7. The number of halogens is 3. The van der Waals surface area contributed by atoms with Gasteiger partial charge in [0.15, 0.2) is 5.75 Å². The number of aromatic nitrogens is 2. The summed E-state index contributed by atoms with van der Waals surface area (Å²) in [5, 5.41) is 12.3. The van der Waals surface area contributed by atoms with Crippen molar-refractivity contribution in [3.8, 4) is 11.4 Å². The Morgan fingerprint density at radius 1 is 1.18 bits per heavy atom. The van der Waals surface area contributed by atoms with Gasteiger partial charge in [-0.2, -0.15) is 0 Å². The second kappa shape index (κ2) is 9.61. The lowest BCUT2D eigenvalue weighted by Gasteiger charge is -2.34. The monoisotopic (exact) mass is 544 g/mol. The fourth-order valence-electron chi connectivity index (χ4n) is 5.43. The first-order chi connectivity index (χ1) is 18.7. The number of fused-ring (bicyclic) bond motifs is 1. The van der Waals surface area contributed by atoms with Crippen molar-refractivity contribution in [1.29, 1.82) is 0 Å². The largest absolute Gasteiger partial charge is 0.573 e. The number of amides is 1. The number of alkyl halides is 3. The standard InChI is InChI=1S/C27H27F3N4O5/c28-27(29,30)39-23-4-2-18(13-22(23)32-25(37)26(5-6-26)33-7-9-38-10-8-33)34-15-31-21-12-16(20-11-17(20)14-35)1-3-19(21)24(34)36/h1-4,12-13,15,17,20,35H,5-11,14H2,(H,32,37)/t17-,20-/m0/s1. The molecule has 2 aliphatic carbocycles. The number of carbonyl (C=O) groups excluding carboxylic acids is 1. The van der Waals surface area contributed by atoms with Gasteiger partial charge in [0.2, 0.25) is 5.91 Å². The van der Waals surface area contributed by atoms with E-state index >= 15 is 0 Å². The van der Waals surface area contributed by atoms with Crippen LogP contribution in [-0.2, 0) is 9.53 Å². The molecule has 1 aliphatic heterocycles. The molecule has 3 fully saturated rings. The van der Waals surface area contributed by atoms with Crippen molar-refractivity contribution in [2.24, 2.45) is 5.92 Å². The van der Waals surface area contributed by atoms with Gasteiger partial charge in [0, 0.05) is 19.7 Å². The maximum Gasteiger partial charge on any atom is 0.573 e. The van der Waals surface area contributed by atoms with E-state index in [2.05, 4.69) is 15.0 Å². The lowest BCUT2D eigenvalue weighted by molar-refractivity contribution is -0.274. The van der Waals surface area contributed by atoms with Crippen LogP contribution in [0.3, 0.4) is 0 Å². The molecule has 0 radical (unpaired) electrons. The number of rotatable bonds is 7. The summed E-state index contributed by atoms with van der Waals surface area (Å²) in [5.74, 6) is -0.548. The maximum absolute atomic E-state index is 13.3. The normalized spacial score (nSPS) is 22.5. The number of ether oxygens (including phenoxy) is 2. The van der Waals surface area contributed by atoms with Gasteiger partial charge in [-0.3, -0.25) is 19.1 Å². The summed E-state index contributed by atoms with van der Waals surface area (Å²) in [6.45, 7) is 2.18. The number of aliphatic hydroxyl groups excluding tert-OH is 1. The van der Waals surface area contributed by atoms with E-state index in [0.717, 1.165) is 18.1 Å². The Labute approximate surface area is 221 Å². The predicted octanol–water partition coefficient (Wildman–Crippen LogP) is 3.18. The SMILES string of the molecule is O=C(Nc1cc(-n2cnc3cc([C@@H]4C[C@H]4CO)ccc3c2=O)ccc1OC(F)(F)F)C1(N2CCOCC2)CC1. The van der Waals surface area contributed by atoms with Gasteiger partial charge in [0.1, 0.15) is 11.9 Å². The summed E-state index contributed by atoms with van der Waals surface area (Å²) < 4.78 is 50.3. The number of hydrogen-bond donors (Lipinski definition) is 2. The Morgan fingerprint density at radius 2 is 1.95 bits per heavy atom. The first-order valence-electron chi connectivity index (χ1n) is 12.9. The van der Waals surface area contributed by atoms with E-state index in [1.807, 2.05) is 17.0 Å². The van der Waals surface area contributed by atoms with Gasteiger partial charge >= 0.3 is 6.36 Å². The molecule has 2 N–H and O–H groups in total. The summed E-state index contributed by atoms with van der Waals surface area (Å²) in [6.07, 6.45) is -1.61. The molecule has 1 amide bonds. The zero-order valence-electron chi connectivity index (χ0n) is 20.9. The highest BCUT2D eigenvalue weighted by molar-refractivity contribution is 6.01. The van der Waals surface area contributed by atoms with Crippen LogP contribution >= 0.6 is 0 Å². The zero-order chi connectivity index (χ0) is 27.4. The van der Waals surface area contributed by atoms with Crippen LogP contribution in [0, 0.1) is 5.92 Å². The minimum atomic E-state index is -4.97. The highest BCUT2D eigenvalue weighted by Gasteiger charge is 2.54. The van der Waals surface area contributed by atoms with Gasteiger partial charge < -0.3 is 19.9 Å². The van der Waals surface area contributed by atoms with Crippen molar-refractivity contribution in [3.05, 3.63) is 58.6 Å². The fourth-order valence-corrected chi connectivity index (χ4v) is 5.43. The van der Waals surface area contributed by atoms with Gasteiger partial charge in [-0.15, -0.1) is 13.2 Å². The predicted molar refractivity (Wildman–Crippen MR) is 135 cm³/mol. The van der Waals surface area contributed by atoms with E-state index in [1.165, 1.54) is 23.0 Å². The van der Waals surface area contributed by atoms with E-state index < -0.39 is 29.1 Å². The van der Waals surface area contributed by atoms with Crippen LogP contribution in [0.25, 0.3) is 16.6 Å². The first kappa shape index (κ1) is 25.8. The number of nitrogens with one attached hydrogen (secondary N) is 1. The third kappa shape index (κ3) is 4.99. The van der Waals surface area contributed by atoms with Gasteiger partial charge in [-0.25, -0.2) is 4.98 Å². The van der Waals surface area contributed by atoms with Crippen LogP contribution < -0.4 is 15.6 Å². The molecule has 2 atom stereocenters. The molecule has 6 rings (SSSR count). The third-order valence-electron chi connectivity index (χ3n) is 7.85. The Kier molecular flexibility index (Phi) is 6.35. The molecule has 0 spiro atoms. The number of nitrogens with zero attached hydrogens (tertiary/aromatic N) is 3. The molecule has 9 nitrogen and oxygen atoms in total. The molecular weight excluding hydrogens is 517 g/mol. The van der Waals surface area contributed by atoms with E-state index in [4.69, 9.17) is 4.74 Å². The summed E-state index contributed by atoms with van der Waals surface area (Å²) >= 11 is 0. The molecule has 2 saturated carbocycles. The van der Waals surface area contributed by atoms with Crippen molar-refractivity contribution in [2.45, 2.75) is 37.1 Å². The average molecular weight is 545 g/mol. The van der Waals surface area contributed by atoms with Crippen LogP contribution in [-0.4, -0.2) is 70.3 Å². The zero-order valence-corrected chi connectivity index (χ0v) is 20.9.